The Balaban J connectivity index is 1.77. The summed E-state index contributed by atoms with van der Waals surface area (Å²) in [6, 6.07) is 0.945. The van der Waals surface area contributed by atoms with Gasteiger partial charge < -0.3 is 4.90 Å². The van der Waals surface area contributed by atoms with Gasteiger partial charge in [0.25, 0.3) is 0 Å². The van der Waals surface area contributed by atoms with Crippen LogP contribution in [-0.4, -0.2) is 24.0 Å². The predicted molar refractivity (Wildman–Crippen MR) is 66.0 cm³/mol. The predicted octanol–water partition coefficient (Wildman–Crippen LogP) is 3.69. The van der Waals surface area contributed by atoms with Gasteiger partial charge in [-0.25, -0.2) is 0 Å². The van der Waals surface area contributed by atoms with Crippen LogP contribution in [-0.2, 0) is 0 Å². The molecule has 2 aliphatic rings. The zero-order chi connectivity index (χ0) is 10.7. The highest BCUT2D eigenvalue weighted by Crippen LogP contribution is 2.32. The van der Waals surface area contributed by atoms with E-state index in [0.717, 1.165) is 17.9 Å². The first kappa shape index (κ1) is 11.4. The molecule has 0 aromatic heterocycles. The molecule has 88 valence electrons. The number of likely N-dealkylation sites (tertiary alicyclic amines) is 1. The Hall–Kier alpha value is -0.0400. The lowest BCUT2D eigenvalue weighted by atomic mass is 9.79. The smallest absolute Gasteiger partial charge is 0.00954 e. The number of nitrogens with zero attached hydrogens (tertiary/aromatic N) is 1. The van der Waals surface area contributed by atoms with E-state index in [2.05, 4.69) is 18.7 Å². The zero-order valence-electron chi connectivity index (χ0n) is 10.5. The molecular weight excluding hydrogens is 182 g/mol. The minimum absolute atomic E-state index is 0.910. The van der Waals surface area contributed by atoms with Gasteiger partial charge in [-0.3, -0.25) is 0 Å². The van der Waals surface area contributed by atoms with Crippen molar-refractivity contribution in [1.82, 2.24) is 4.90 Å². The van der Waals surface area contributed by atoms with Crippen molar-refractivity contribution in [3.05, 3.63) is 0 Å². The van der Waals surface area contributed by atoms with Crippen molar-refractivity contribution < 1.29 is 0 Å². The van der Waals surface area contributed by atoms with Gasteiger partial charge in [0.15, 0.2) is 0 Å². The molecule has 0 aromatic carbocycles. The highest BCUT2D eigenvalue weighted by molar-refractivity contribution is 4.82. The summed E-state index contributed by atoms with van der Waals surface area (Å²) in [5.41, 5.74) is 0. The highest BCUT2D eigenvalue weighted by Gasteiger charge is 2.27. The molecule has 0 aromatic rings. The van der Waals surface area contributed by atoms with Crippen molar-refractivity contribution >= 4 is 0 Å². The van der Waals surface area contributed by atoms with Gasteiger partial charge in [-0.1, -0.05) is 20.3 Å². The van der Waals surface area contributed by atoms with Crippen molar-refractivity contribution in [3.63, 3.8) is 0 Å². The molecule has 15 heavy (non-hydrogen) atoms. The number of piperidine rings is 1. The molecule has 1 aliphatic carbocycles. The van der Waals surface area contributed by atoms with Crippen LogP contribution < -0.4 is 0 Å². The molecule has 1 heterocycles. The molecule has 0 spiro atoms. The number of hydrogen-bond donors (Lipinski definition) is 0. The van der Waals surface area contributed by atoms with Crippen molar-refractivity contribution in [1.29, 1.82) is 0 Å². The summed E-state index contributed by atoms with van der Waals surface area (Å²) in [5.74, 6) is 1.93. The van der Waals surface area contributed by atoms with Crippen LogP contribution in [0.2, 0.25) is 0 Å². The van der Waals surface area contributed by atoms with Crippen molar-refractivity contribution in [2.45, 2.75) is 64.8 Å². The van der Waals surface area contributed by atoms with E-state index in [9.17, 15) is 0 Å². The van der Waals surface area contributed by atoms with Crippen LogP contribution in [0.1, 0.15) is 58.8 Å². The number of hydrogen-bond acceptors (Lipinski definition) is 1. The van der Waals surface area contributed by atoms with Crippen LogP contribution in [0, 0.1) is 11.8 Å². The molecule has 1 aliphatic heterocycles. The summed E-state index contributed by atoms with van der Waals surface area (Å²) in [4.78, 5) is 2.78. The minimum Gasteiger partial charge on any atom is -0.300 e. The van der Waals surface area contributed by atoms with Gasteiger partial charge in [-0.2, -0.15) is 0 Å². The van der Waals surface area contributed by atoms with E-state index in [-0.39, 0.29) is 0 Å². The van der Waals surface area contributed by atoms with E-state index in [0.29, 0.717) is 0 Å². The van der Waals surface area contributed by atoms with Crippen molar-refractivity contribution in [2.24, 2.45) is 11.8 Å². The summed E-state index contributed by atoms with van der Waals surface area (Å²) in [6.45, 7) is 7.56. The zero-order valence-corrected chi connectivity index (χ0v) is 10.5. The molecule has 0 unspecified atom stereocenters. The highest BCUT2D eigenvalue weighted by atomic mass is 15.2. The Bertz CT molecular complexity index is 174. The third-order valence-electron chi connectivity index (χ3n) is 4.59. The number of rotatable bonds is 2. The normalized spacial score (nSPS) is 34.6. The Morgan fingerprint density at radius 3 is 2.00 bits per heavy atom. The summed E-state index contributed by atoms with van der Waals surface area (Å²) < 4.78 is 0. The molecule has 1 saturated carbocycles. The Morgan fingerprint density at radius 2 is 1.47 bits per heavy atom. The van der Waals surface area contributed by atoms with E-state index in [1.54, 1.807) is 0 Å². The second-order valence-electron chi connectivity index (χ2n) is 5.91. The van der Waals surface area contributed by atoms with E-state index < -0.39 is 0 Å². The van der Waals surface area contributed by atoms with Crippen LogP contribution >= 0.6 is 0 Å². The fraction of sp³-hybridized carbons (Fsp3) is 1.00. The van der Waals surface area contributed by atoms with E-state index in [4.69, 9.17) is 0 Å². The van der Waals surface area contributed by atoms with Gasteiger partial charge in [0, 0.05) is 6.04 Å². The summed E-state index contributed by atoms with van der Waals surface area (Å²) >= 11 is 0. The summed E-state index contributed by atoms with van der Waals surface area (Å²) in [5, 5.41) is 0. The maximum absolute atomic E-state index is 2.78. The molecule has 2 rings (SSSR count). The molecule has 2 fully saturated rings. The largest absolute Gasteiger partial charge is 0.300 e. The second kappa shape index (κ2) is 5.34. The second-order valence-corrected chi connectivity index (χ2v) is 5.91. The van der Waals surface area contributed by atoms with E-state index in [1.807, 2.05) is 0 Å². The van der Waals surface area contributed by atoms with E-state index >= 15 is 0 Å². The third-order valence-corrected chi connectivity index (χ3v) is 4.59. The van der Waals surface area contributed by atoms with Gasteiger partial charge in [0.05, 0.1) is 0 Å². The Kier molecular flexibility index (Phi) is 4.07. The molecule has 0 amide bonds. The van der Waals surface area contributed by atoms with Gasteiger partial charge >= 0.3 is 0 Å². The first-order valence-electron chi connectivity index (χ1n) is 7.01. The van der Waals surface area contributed by atoms with Gasteiger partial charge in [-0.05, 0) is 63.5 Å². The van der Waals surface area contributed by atoms with Crippen molar-refractivity contribution in [2.75, 3.05) is 13.1 Å². The monoisotopic (exact) mass is 209 g/mol. The molecule has 0 radical (unpaired) electrons. The summed E-state index contributed by atoms with van der Waals surface area (Å²) in [7, 11) is 0. The molecular formula is C14H27N. The molecule has 0 bridgehead atoms. The molecule has 0 atom stereocenters. The fourth-order valence-electron chi connectivity index (χ4n) is 3.42. The lowest BCUT2D eigenvalue weighted by Crippen LogP contribution is -2.41. The van der Waals surface area contributed by atoms with Crippen LogP contribution in [0.4, 0.5) is 0 Å². The average Bonchev–Trinajstić information content (AvgIpc) is 2.30. The Morgan fingerprint density at radius 1 is 0.867 bits per heavy atom. The minimum atomic E-state index is 0.910. The fourth-order valence-corrected chi connectivity index (χ4v) is 3.42. The first-order valence-corrected chi connectivity index (χ1v) is 7.01. The molecule has 1 heteroatoms. The lowest BCUT2D eigenvalue weighted by Gasteiger charge is -2.39. The van der Waals surface area contributed by atoms with Crippen LogP contribution in [0.3, 0.4) is 0 Å². The maximum atomic E-state index is 2.78. The standard InChI is InChI=1S/C14H27N/c1-12(2)13-6-8-14(9-7-13)15-10-4-3-5-11-15/h12-14H,3-11H2,1-2H3/t13-,14-. The van der Waals surface area contributed by atoms with Crippen LogP contribution in [0.25, 0.3) is 0 Å². The molecule has 1 nitrogen and oxygen atoms in total. The third kappa shape index (κ3) is 2.96. The van der Waals surface area contributed by atoms with Crippen LogP contribution in [0.5, 0.6) is 0 Å². The summed E-state index contributed by atoms with van der Waals surface area (Å²) in [6.07, 6.45) is 10.3. The van der Waals surface area contributed by atoms with Gasteiger partial charge in [0.2, 0.25) is 0 Å². The first-order chi connectivity index (χ1) is 7.27. The van der Waals surface area contributed by atoms with Crippen molar-refractivity contribution in [3.8, 4) is 0 Å². The Labute approximate surface area is 95.2 Å². The molecule has 1 saturated heterocycles. The topological polar surface area (TPSA) is 3.24 Å². The molecule has 0 N–H and O–H groups in total. The quantitative estimate of drug-likeness (QED) is 0.670. The van der Waals surface area contributed by atoms with Crippen LogP contribution in [0.15, 0.2) is 0 Å². The lowest BCUT2D eigenvalue weighted by molar-refractivity contribution is 0.105. The van der Waals surface area contributed by atoms with Gasteiger partial charge in [0.1, 0.15) is 0 Å². The van der Waals surface area contributed by atoms with Gasteiger partial charge in [-0.15, -0.1) is 0 Å². The average molecular weight is 209 g/mol. The SMILES string of the molecule is CC(C)[C@H]1CC[C@H](N2CCCCC2)CC1. The van der Waals surface area contributed by atoms with E-state index in [1.165, 1.54) is 58.0 Å². The maximum Gasteiger partial charge on any atom is 0.00954 e.